The molecular formula is C8H4ClF3N2O4. The number of aryl methyl sites for hydroxylation is 1. The largest absolute Gasteiger partial charge is 0.573 e. The monoisotopic (exact) mass is 284 g/mol. The summed E-state index contributed by atoms with van der Waals surface area (Å²) in [6, 6.07) is 0.740. The molecule has 1 rings (SSSR count). The molecule has 18 heavy (non-hydrogen) atoms. The van der Waals surface area contributed by atoms with Crippen molar-refractivity contribution in [2.45, 2.75) is 13.3 Å². The first kappa shape index (κ1) is 14.2. The third kappa shape index (κ3) is 3.29. The van der Waals surface area contributed by atoms with E-state index in [1.165, 1.54) is 6.92 Å². The maximum absolute atomic E-state index is 12.1. The standard InChI is InChI=1S/C8H4ClF3N2O4/c1-3-2-4(14(16)17)6(18-8(10,11)12)5(13-3)7(9)15/h2H,1H3. The highest BCUT2D eigenvalue weighted by atomic mass is 35.5. The molecule has 0 spiro atoms. The quantitative estimate of drug-likeness (QED) is 0.484. The zero-order valence-electron chi connectivity index (χ0n) is 8.62. The molecule has 0 aliphatic carbocycles. The molecule has 0 aliphatic rings. The number of ether oxygens (including phenoxy) is 1. The Morgan fingerprint density at radius 1 is 1.56 bits per heavy atom. The van der Waals surface area contributed by atoms with Gasteiger partial charge in [0.15, 0.2) is 5.69 Å². The minimum absolute atomic E-state index is 0.0415. The third-order valence-electron chi connectivity index (χ3n) is 1.68. The van der Waals surface area contributed by atoms with E-state index in [2.05, 4.69) is 9.72 Å². The first-order valence-corrected chi connectivity index (χ1v) is 4.61. The molecule has 0 saturated heterocycles. The van der Waals surface area contributed by atoms with Crippen LogP contribution in [0.15, 0.2) is 6.07 Å². The van der Waals surface area contributed by atoms with Crippen LogP contribution in [0, 0.1) is 17.0 Å². The van der Waals surface area contributed by atoms with Crippen molar-refractivity contribution in [3.05, 3.63) is 27.6 Å². The summed E-state index contributed by atoms with van der Waals surface area (Å²) >= 11 is 5.01. The zero-order chi connectivity index (χ0) is 14.1. The summed E-state index contributed by atoms with van der Waals surface area (Å²) in [7, 11) is 0. The summed E-state index contributed by atoms with van der Waals surface area (Å²) in [4.78, 5) is 23.8. The van der Waals surface area contributed by atoms with Gasteiger partial charge in [0.1, 0.15) is 0 Å². The number of nitrogens with zero attached hydrogens (tertiary/aromatic N) is 2. The van der Waals surface area contributed by atoms with Gasteiger partial charge in [-0.25, -0.2) is 4.98 Å². The number of pyridine rings is 1. The second kappa shape index (κ2) is 4.77. The fourth-order valence-corrected chi connectivity index (χ4v) is 1.26. The van der Waals surface area contributed by atoms with Gasteiger partial charge in [0, 0.05) is 11.8 Å². The molecule has 0 fully saturated rings. The van der Waals surface area contributed by atoms with Crippen LogP contribution < -0.4 is 4.74 Å². The molecule has 0 saturated carbocycles. The van der Waals surface area contributed by atoms with Crippen LogP contribution in [0.5, 0.6) is 5.75 Å². The van der Waals surface area contributed by atoms with Gasteiger partial charge in [-0.1, -0.05) is 0 Å². The van der Waals surface area contributed by atoms with E-state index in [1.807, 2.05) is 0 Å². The van der Waals surface area contributed by atoms with Gasteiger partial charge in [0.05, 0.1) is 4.92 Å². The van der Waals surface area contributed by atoms with Gasteiger partial charge in [0.25, 0.3) is 5.24 Å². The van der Waals surface area contributed by atoms with Gasteiger partial charge in [-0.2, -0.15) is 0 Å². The van der Waals surface area contributed by atoms with Gasteiger partial charge in [-0.15, -0.1) is 13.2 Å². The summed E-state index contributed by atoms with van der Waals surface area (Å²) in [5.41, 5.74) is -2.04. The van der Waals surface area contributed by atoms with Crippen molar-refractivity contribution in [3.63, 3.8) is 0 Å². The van der Waals surface area contributed by atoms with Crippen LogP contribution in [0.3, 0.4) is 0 Å². The highest BCUT2D eigenvalue weighted by Crippen LogP contribution is 2.35. The molecule has 0 radical (unpaired) electrons. The number of carbonyl (C=O) groups is 1. The maximum Gasteiger partial charge on any atom is 0.573 e. The minimum atomic E-state index is -5.21. The number of aromatic nitrogens is 1. The maximum atomic E-state index is 12.1. The molecule has 6 nitrogen and oxygen atoms in total. The minimum Gasteiger partial charge on any atom is -0.396 e. The number of hydrogen-bond acceptors (Lipinski definition) is 5. The van der Waals surface area contributed by atoms with E-state index in [0.717, 1.165) is 6.07 Å². The van der Waals surface area contributed by atoms with E-state index in [-0.39, 0.29) is 5.69 Å². The average molecular weight is 285 g/mol. The van der Waals surface area contributed by atoms with E-state index < -0.39 is 33.7 Å². The summed E-state index contributed by atoms with van der Waals surface area (Å²) in [6.07, 6.45) is -5.21. The van der Waals surface area contributed by atoms with Gasteiger partial charge < -0.3 is 4.74 Å². The van der Waals surface area contributed by atoms with Crippen molar-refractivity contribution >= 4 is 22.5 Å². The molecule has 1 aromatic rings. The van der Waals surface area contributed by atoms with Crippen LogP contribution in [0.4, 0.5) is 18.9 Å². The molecule has 0 bridgehead atoms. The van der Waals surface area contributed by atoms with E-state index >= 15 is 0 Å². The van der Waals surface area contributed by atoms with Crippen molar-refractivity contribution in [1.82, 2.24) is 4.98 Å². The molecule has 0 atom stereocenters. The number of carbonyl (C=O) groups excluding carboxylic acids is 1. The van der Waals surface area contributed by atoms with Gasteiger partial charge in [-0.3, -0.25) is 14.9 Å². The van der Waals surface area contributed by atoms with Crippen molar-refractivity contribution in [1.29, 1.82) is 0 Å². The van der Waals surface area contributed by atoms with Crippen molar-refractivity contribution < 1.29 is 27.6 Å². The van der Waals surface area contributed by atoms with Crippen LogP contribution in [-0.2, 0) is 0 Å². The zero-order valence-corrected chi connectivity index (χ0v) is 9.37. The fraction of sp³-hybridized carbons (Fsp3) is 0.250. The SMILES string of the molecule is Cc1cc([N+](=O)[O-])c(OC(F)(F)F)c(C(=O)Cl)n1. The Labute approximate surface area is 102 Å². The van der Waals surface area contributed by atoms with Gasteiger partial charge in [-0.05, 0) is 18.5 Å². The van der Waals surface area contributed by atoms with Crippen LogP contribution in [0.1, 0.15) is 16.2 Å². The van der Waals surface area contributed by atoms with Crippen molar-refractivity contribution in [2.24, 2.45) is 0 Å². The van der Waals surface area contributed by atoms with Crippen LogP contribution in [0.2, 0.25) is 0 Å². The predicted molar refractivity (Wildman–Crippen MR) is 52.5 cm³/mol. The summed E-state index contributed by atoms with van der Waals surface area (Å²) in [5.74, 6) is -1.32. The molecule has 98 valence electrons. The number of nitro groups is 1. The molecule has 0 aromatic carbocycles. The van der Waals surface area contributed by atoms with Crippen molar-refractivity contribution in [2.75, 3.05) is 0 Å². The van der Waals surface area contributed by atoms with E-state index in [1.54, 1.807) is 0 Å². The lowest BCUT2D eigenvalue weighted by Crippen LogP contribution is -2.20. The molecule has 0 N–H and O–H groups in total. The fourth-order valence-electron chi connectivity index (χ4n) is 1.13. The average Bonchev–Trinajstić information content (AvgIpc) is 2.17. The van der Waals surface area contributed by atoms with E-state index in [4.69, 9.17) is 11.6 Å². The Balaban J connectivity index is 3.51. The van der Waals surface area contributed by atoms with Crippen LogP contribution >= 0.6 is 11.6 Å². The molecule has 0 aliphatic heterocycles. The molecular weight excluding hydrogens is 281 g/mol. The first-order chi connectivity index (χ1) is 8.11. The Hall–Kier alpha value is -1.90. The van der Waals surface area contributed by atoms with Crippen LogP contribution in [-0.4, -0.2) is 21.5 Å². The third-order valence-corrected chi connectivity index (χ3v) is 1.86. The molecule has 1 heterocycles. The normalized spacial score (nSPS) is 11.2. The smallest absolute Gasteiger partial charge is 0.396 e. The van der Waals surface area contributed by atoms with Crippen molar-refractivity contribution in [3.8, 4) is 5.75 Å². The molecule has 0 unspecified atom stereocenters. The molecule has 0 amide bonds. The number of rotatable bonds is 3. The second-order valence-electron chi connectivity index (χ2n) is 3.04. The second-order valence-corrected chi connectivity index (χ2v) is 3.38. The predicted octanol–water partition coefficient (Wildman–Crippen LogP) is 2.58. The lowest BCUT2D eigenvalue weighted by Gasteiger charge is -2.11. The highest BCUT2D eigenvalue weighted by Gasteiger charge is 2.37. The Kier molecular flexibility index (Phi) is 3.75. The Morgan fingerprint density at radius 2 is 2.11 bits per heavy atom. The van der Waals surface area contributed by atoms with Gasteiger partial charge >= 0.3 is 12.0 Å². The summed E-state index contributed by atoms with van der Waals surface area (Å²) in [6.45, 7) is 1.26. The lowest BCUT2D eigenvalue weighted by molar-refractivity contribution is -0.388. The lowest BCUT2D eigenvalue weighted by atomic mass is 10.2. The number of alkyl halides is 3. The van der Waals surface area contributed by atoms with E-state index in [9.17, 15) is 28.1 Å². The highest BCUT2D eigenvalue weighted by molar-refractivity contribution is 6.67. The molecule has 10 heteroatoms. The van der Waals surface area contributed by atoms with Gasteiger partial charge in [0.2, 0.25) is 5.75 Å². The number of hydrogen-bond donors (Lipinski definition) is 0. The first-order valence-electron chi connectivity index (χ1n) is 4.23. The number of halogens is 4. The van der Waals surface area contributed by atoms with Crippen LogP contribution in [0.25, 0.3) is 0 Å². The Morgan fingerprint density at radius 3 is 2.50 bits per heavy atom. The van der Waals surface area contributed by atoms with E-state index in [0.29, 0.717) is 0 Å². The summed E-state index contributed by atoms with van der Waals surface area (Å²) < 4.78 is 39.7. The summed E-state index contributed by atoms with van der Waals surface area (Å²) in [5, 5.41) is 9.22. The molecule has 1 aromatic heterocycles. The topological polar surface area (TPSA) is 82.3 Å². The Bertz CT molecular complexity index is 483.